The van der Waals surface area contributed by atoms with E-state index in [0.717, 1.165) is 65.7 Å². The van der Waals surface area contributed by atoms with Gasteiger partial charge in [-0.3, -0.25) is 0 Å². The van der Waals surface area contributed by atoms with Crippen molar-refractivity contribution in [1.29, 1.82) is 0 Å². The fraction of sp³-hybridized carbons (Fsp3) is 0.409. The highest BCUT2D eigenvalue weighted by molar-refractivity contribution is 6.30. The number of hydrazone groups is 1. The fourth-order valence-corrected chi connectivity index (χ4v) is 4.69. The molecule has 0 unspecified atom stereocenters. The molecule has 1 atom stereocenters. The maximum Gasteiger partial charge on any atom is 0.200 e. The molecule has 2 aromatic rings. The van der Waals surface area contributed by atoms with Crippen molar-refractivity contribution >= 4 is 17.3 Å². The van der Waals surface area contributed by atoms with Crippen LogP contribution in [0.2, 0.25) is 5.02 Å². The first-order valence-electron chi connectivity index (χ1n) is 9.76. The number of benzene rings is 2. The lowest BCUT2D eigenvalue weighted by molar-refractivity contribution is -0.147. The Hall–Kier alpha value is -2.24. The van der Waals surface area contributed by atoms with Gasteiger partial charge in [-0.1, -0.05) is 11.6 Å². The van der Waals surface area contributed by atoms with E-state index in [2.05, 4.69) is 29.1 Å². The smallest absolute Gasteiger partial charge is 0.200 e. The van der Waals surface area contributed by atoms with Crippen molar-refractivity contribution in [3.8, 4) is 11.5 Å². The van der Waals surface area contributed by atoms with Crippen molar-refractivity contribution in [3.05, 3.63) is 58.6 Å². The number of piperidine rings is 1. The minimum Gasteiger partial charge on any atom is -0.497 e. The van der Waals surface area contributed by atoms with Crippen LogP contribution in [0.4, 0.5) is 0 Å². The number of rotatable bonds is 2. The zero-order valence-electron chi connectivity index (χ0n) is 16.2. The maximum absolute atomic E-state index is 6.61. The molecule has 1 fully saturated rings. The Labute approximate surface area is 170 Å². The zero-order valence-corrected chi connectivity index (χ0v) is 16.9. The van der Waals surface area contributed by atoms with Crippen molar-refractivity contribution in [1.82, 2.24) is 9.91 Å². The van der Waals surface area contributed by atoms with Gasteiger partial charge < -0.3 is 14.4 Å². The highest BCUT2D eigenvalue weighted by Crippen LogP contribution is 2.50. The summed E-state index contributed by atoms with van der Waals surface area (Å²) >= 11 is 6.32. The Bertz CT molecular complexity index is 920. The summed E-state index contributed by atoms with van der Waals surface area (Å²) in [6.07, 6.45) is 2.71. The average molecular weight is 398 g/mol. The molecule has 1 spiro atoms. The van der Waals surface area contributed by atoms with Crippen LogP contribution in [-0.2, 0) is 0 Å². The van der Waals surface area contributed by atoms with Crippen LogP contribution in [0.3, 0.4) is 0 Å². The SMILES string of the molecule is COc1ccc(C2=NN3[C@H](C2)c2cc(Cl)ccc2OC32CCN(C)CC2)cc1. The van der Waals surface area contributed by atoms with Gasteiger partial charge in [0.2, 0.25) is 5.72 Å². The number of hydrogen-bond donors (Lipinski definition) is 0. The van der Waals surface area contributed by atoms with Gasteiger partial charge >= 0.3 is 0 Å². The second-order valence-corrected chi connectivity index (χ2v) is 8.31. The number of likely N-dealkylation sites (tertiary alicyclic amines) is 1. The molecule has 0 saturated carbocycles. The Morgan fingerprint density at radius 3 is 2.61 bits per heavy atom. The molecule has 5 rings (SSSR count). The van der Waals surface area contributed by atoms with Gasteiger partial charge in [-0.25, -0.2) is 5.01 Å². The van der Waals surface area contributed by atoms with Crippen molar-refractivity contribution in [2.75, 3.05) is 27.2 Å². The third kappa shape index (κ3) is 2.85. The highest BCUT2D eigenvalue weighted by atomic mass is 35.5. The van der Waals surface area contributed by atoms with E-state index < -0.39 is 0 Å². The van der Waals surface area contributed by atoms with Gasteiger partial charge in [-0.2, -0.15) is 5.10 Å². The fourth-order valence-electron chi connectivity index (χ4n) is 4.51. The van der Waals surface area contributed by atoms with Gasteiger partial charge in [0.25, 0.3) is 0 Å². The van der Waals surface area contributed by atoms with Crippen LogP contribution in [0, 0.1) is 0 Å². The molecule has 1 saturated heterocycles. The lowest BCUT2D eigenvalue weighted by atomic mass is 9.91. The summed E-state index contributed by atoms with van der Waals surface area (Å²) in [7, 11) is 3.85. The van der Waals surface area contributed by atoms with Gasteiger partial charge in [0, 0.05) is 42.9 Å². The molecule has 5 nitrogen and oxygen atoms in total. The summed E-state index contributed by atoms with van der Waals surface area (Å²) in [6.45, 7) is 2.00. The van der Waals surface area contributed by atoms with Crippen LogP contribution in [0.1, 0.15) is 36.4 Å². The normalized spacial score (nSPS) is 23.0. The molecule has 3 aliphatic rings. The first kappa shape index (κ1) is 17.8. The van der Waals surface area contributed by atoms with E-state index in [4.69, 9.17) is 26.2 Å². The van der Waals surface area contributed by atoms with E-state index in [1.165, 1.54) is 0 Å². The van der Waals surface area contributed by atoms with Crippen LogP contribution in [0.25, 0.3) is 0 Å². The molecule has 3 aliphatic heterocycles. The number of ether oxygens (including phenoxy) is 2. The Kier molecular flexibility index (Phi) is 4.25. The summed E-state index contributed by atoms with van der Waals surface area (Å²) in [6, 6.07) is 14.3. The largest absolute Gasteiger partial charge is 0.497 e. The molecule has 2 aromatic carbocycles. The minimum absolute atomic E-state index is 0.156. The molecule has 28 heavy (non-hydrogen) atoms. The van der Waals surface area contributed by atoms with Gasteiger partial charge in [-0.15, -0.1) is 0 Å². The van der Waals surface area contributed by atoms with Crippen molar-refractivity contribution in [3.63, 3.8) is 0 Å². The lowest BCUT2D eigenvalue weighted by Gasteiger charge is -2.50. The number of methoxy groups -OCH3 is 1. The Morgan fingerprint density at radius 2 is 1.89 bits per heavy atom. The van der Waals surface area contributed by atoms with Gasteiger partial charge in [-0.05, 0) is 55.1 Å². The predicted molar refractivity (Wildman–Crippen MR) is 110 cm³/mol. The number of hydrogen-bond acceptors (Lipinski definition) is 5. The molecule has 0 amide bonds. The van der Waals surface area contributed by atoms with E-state index in [1.807, 2.05) is 30.3 Å². The molecular formula is C22H24ClN3O2. The third-order valence-electron chi connectivity index (χ3n) is 6.15. The van der Waals surface area contributed by atoms with Crippen LogP contribution in [-0.4, -0.2) is 48.6 Å². The van der Waals surface area contributed by atoms with Crippen molar-refractivity contribution < 1.29 is 9.47 Å². The topological polar surface area (TPSA) is 37.3 Å². The Balaban J connectivity index is 1.56. The molecule has 0 N–H and O–H groups in total. The Morgan fingerprint density at radius 1 is 1.14 bits per heavy atom. The van der Waals surface area contributed by atoms with Crippen LogP contribution < -0.4 is 9.47 Å². The quantitative estimate of drug-likeness (QED) is 0.756. The second kappa shape index (κ2) is 6.68. The standard InChI is InChI=1S/C22H24ClN3O2/c1-25-11-9-22(10-12-25)26-20(18-13-16(23)5-8-21(18)28-22)14-19(24-26)15-3-6-17(27-2)7-4-15/h3-8,13,20H,9-12,14H2,1-2H3/t20-/m1/s1. The van der Waals surface area contributed by atoms with Crippen molar-refractivity contribution in [2.24, 2.45) is 5.10 Å². The number of fused-ring (bicyclic) bond motifs is 4. The monoisotopic (exact) mass is 397 g/mol. The molecule has 0 radical (unpaired) electrons. The summed E-state index contributed by atoms with van der Waals surface area (Å²) in [5.74, 6) is 1.80. The van der Waals surface area contributed by atoms with Crippen LogP contribution in [0.15, 0.2) is 47.6 Å². The number of nitrogens with zero attached hydrogens (tertiary/aromatic N) is 3. The molecule has 0 aromatic heterocycles. The lowest BCUT2D eigenvalue weighted by Crippen LogP contribution is -2.58. The van der Waals surface area contributed by atoms with E-state index in [9.17, 15) is 0 Å². The van der Waals surface area contributed by atoms with E-state index in [-0.39, 0.29) is 11.8 Å². The summed E-state index contributed by atoms with van der Waals surface area (Å²) in [4.78, 5) is 2.35. The highest BCUT2D eigenvalue weighted by Gasteiger charge is 2.51. The minimum atomic E-state index is -0.383. The van der Waals surface area contributed by atoms with Gasteiger partial charge in [0.15, 0.2) is 0 Å². The summed E-state index contributed by atoms with van der Waals surface area (Å²) in [5.41, 5.74) is 2.96. The first-order chi connectivity index (χ1) is 13.6. The molecular weight excluding hydrogens is 374 g/mol. The first-order valence-corrected chi connectivity index (χ1v) is 10.1. The van der Waals surface area contributed by atoms with Crippen LogP contribution in [0.5, 0.6) is 11.5 Å². The van der Waals surface area contributed by atoms with E-state index >= 15 is 0 Å². The molecule has 3 heterocycles. The predicted octanol–water partition coefficient (Wildman–Crippen LogP) is 4.31. The molecule has 0 bridgehead atoms. The van der Waals surface area contributed by atoms with Gasteiger partial charge in [0.1, 0.15) is 11.5 Å². The van der Waals surface area contributed by atoms with E-state index in [1.54, 1.807) is 7.11 Å². The number of halogens is 1. The van der Waals surface area contributed by atoms with Gasteiger partial charge in [0.05, 0.1) is 18.9 Å². The molecule has 146 valence electrons. The van der Waals surface area contributed by atoms with E-state index in [0.29, 0.717) is 0 Å². The van der Waals surface area contributed by atoms with Crippen LogP contribution >= 0.6 is 11.6 Å². The third-order valence-corrected chi connectivity index (χ3v) is 6.39. The molecule has 6 heteroatoms. The maximum atomic E-state index is 6.61. The summed E-state index contributed by atoms with van der Waals surface area (Å²) in [5, 5.41) is 8.05. The molecule has 0 aliphatic carbocycles. The average Bonchev–Trinajstić information content (AvgIpc) is 3.18. The second-order valence-electron chi connectivity index (χ2n) is 7.87. The zero-order chi connectivity index (χ0) is 19.3. The summed E-state index contributed by atoms with van der Waals surface area (Å²) < 4.78 is 11.9. The van der Waals surface area contributed by atoms with Crippen molar-refractivity contribution in [2.45, 2.75) is 31.0 Å².